The molecule has 3 nitrogen and oxygen atoms in total. The molecule has 2 N–H and O–H groups in total. The van der Waals surface area contributed by atoms with Crippen LogP contribution in [0.5, 0.6) is 0 Å². The fourth-order valence-electron chi connectivity index (χ4n) is 2.85. The lowest BCUT2D eigenvalue weighted by molar-refractivity contribution is 0.329. The minimum atomic E-state index is -0.715. The molecule has 1 aromatic carbocycles. The average molecular weight is 277 g/mol. The number of nitrogens with two attached hydrogens (primary N) is 1. The van der Waals surface area contributed by atoms with Crippen molar-refractivity contribution in [2.24, 2.45) is 0 Å². The molecule has 1 heterocycles. The van der Waals surface area contributed by atoms with Gasteiger partial charge in [0.25, 0.3) is 0 Å². The van der Waals surface area contributed by atoms with Crippen LogP contribution in [0.25, 0.3) is 11.1 Å². The third-order valence-corrected chi connectivity index (χ3v) is 3.96. The van der Waals surface area contributed by atoms with E-state index in [-0.39, 0.29) is 11.3 Å². The lowest BCUT2D eigenvalue weighted by Crippen LogP contribution is -2.12. The van der Waals surface area contributed by atoms with Gasteiger partial charge in [0.05, 0.1) is 23.5 Å². The van der Waals surface area contributed by atoms with Gasteiger partial charge in [0, 0.05) is 11.8 Å². The van der Waals surface area contributed by atoms with Crippen molar-refractivity contribution in [3.8, 4) is 11.1 Å². The van der Waals surface area contributed by atoms with Gasteiger partial charge in [-0.05, 0) is 25.0 Å². The largest absolute Gasteiger partial charge is 0.396 e. The topological polar surface area (TPSA) is 43.8 Å². The molecule has 5 heteroatoms. The molecule has 1 aliphatic carbocycles. The molecule has 0 radical (unpaired) electrons. The molecule has 1 saturated carbocycles. The lowest BCUT2D eigenvalue weighted by Gasteiger charge is -2.21. The summed E-state index contributed by atoms with van der Waals surface area (Å²) < 4.78 is 29.7. The van der Waals surface area contributed by atoms with Crippen molar-refractivity contribution < 1.29 is 8.78 Å². The Bertz CT molecular complexity index is 616. The monoisotopic (exact) mass is 277 g/mol. The van der Waals surface area contributed by atoms with Crippen LogP contribution in [-0.2, 0) is 0 Å². The van der Waals surface area contributed by atoms with Gasteiger partial charge < -0.3 is 5.73 Å². The maximum absolute atomic E-state index is 14.0. The van der Waals surface area contributed by atoms with Crippen molar-refractivity contribution in [1.29, 1.82) is 0 Å². The first-order valence-electron chi connectivity index (χ1n) is 6.95. The van der Waals surface area contributed by atoms with Crippen LogP contribution in [0.15, 0.2) is 24.5 Å². The van der Waals surface area contributed by atoms with E-state index in [9.17, 15) is 8.78 Å². The van der Waals surface area contributed by atoms with Gasteiger partial charge in [-0.25, -0.2) is 8.78 Å². The molecule has 0 amide bonds. The van der Waals surface area contributed by atoms with Gasteiger partial charge in [-0.15, -0.1) is 0 Å². The van der Waals surface area contributed by atoms with Gasteiger partial charge in [0.15, 0.2) is 5.82 Å². The zero-order valence-electron chi connectivity index (χ0n) is 11.1. The van der Waals surface area contributed by atoms with Crippen LogP contribution in [0.3, 0.4) is 0 Å². The van der Waals surface area contributed by atoms with E-state index in [0.717, 1.165) is 12.8 Å². The standard InChI is InChI=1S/C15H17F2N3/c16-12-6-7-13(18)15(17)14(12)10-8-19-20(9-10)11-4-2-1-3-5-11/h6-9,11H,1-5,18H2. The minimum Gasteiger partial charge on any atom is -0.396 e. The number of hydrogen-bond donors (Lipinski definition) is 1. The summed E-state index contributed by atoms with van der Waals surface area (Å²) in [6.45, 7) is 0. The van der Waals surface area contributed by atoms with Gasteiger partial charge in [-0.2, -0.15) is 5.10 Å². The van der Waals surface area contributed by atoms with Gasteiger partial charge in [0.1, 0.15) is 5.82 Å². The van der Waals surface area contributed by atoms with Gasteiger partial charge in [-0.3, -0.25) is 4.68 Å². The van der Waals surface area contributed by atoms with E-state index >= 15 is 0 Å². The van der Waals surface area contributed by atoms with Gasteiger partial charge >= 0.3 is 0 Å². The number of rotatable bonds is 2. The van der Waals surface area contributed by atoms with Crippen molar-refractivity contribution in [2.45, 2.75) is 38.1 Å². The molecule has 2 aromatic rings. The van der Waals surface area contributed by atoms with Crippen LogP contribution < -0.4 is 5.73 Å². The number of halogens is 2. The second-order valence-corrected chi connectivity index (χ2v) is 5.33. The molecule has 0 aliphatic heterocycles. The van der Waals surface area contributed by atoms with Gasteiger partial charge in [0.2, 0.25) is 0 Å². The zero-order chi connectivity index (χ0) is 14.1. The van der Waals surface area contributed by atoms with E-state index in [1.54, 1.807) is 6.20 Å². The molecule has 1 aliphatic rings. The van der Waals surface area contributed by atoms with Crippen molar-refractivity contribution in [3.63, 3.8) is 0 Å². The molecule has 0 spiro atoms. The van der Waals surface area contributed by atoms with Crippen LogP contribution in [0.2, 0.25) is 0 Å². The Labute approximate surface area is 116 Å². The Morgan fingerprint density at radius 2 is 1.90 bits per heavy atom. The van der Waals surface area contributed by atoms with E-state index in [1.165, 1.54) is 37.6 Å². The Balaban J connectivity index is 1.96. The van der Waals surface area contributed by atoms with E-state index in [4.69, 9.17) is 5.73 Å². The highest BCUT2D eigenvalue weighted by Crippen LogP contribution is 2.32. The fourth-order valence-corrected chi connectivity index (χ4v) is 2.85. The molecule has 20 heavy (non-hydrogen) atoms. The van der Waals surface area contributed by atoms with Crippen molar-refractivity contribution in [3.05, 3.63) is 36.2 Å². The van der Waals surface area contributed by atoms with E-state index < -0.39 is 11.6 Å². The third-order valence-electron chi connectivity index (χ3n) is 3.96. The Hall–Kier alpha value is -1.91. The molecule has 0 bridgehead atoms. The molecule has 106 valence electrons. The van der Waals surface area contributed by atoms with E-state index in [0.29, 0.717) is 11.6 Å². The maximum atomic E-state index is 14.0. The zero-order valence-corrected chi connectivity index (χ0v) is 11.1. The number of nitrogen functional groups attached to an aromatic ring is 1. The molecule has 0 unspecified atom stereocenters. The number of benzene rings is 1. The Morgan fingerprint density at radius 1 is 1.15 bits per heavy atom. The Kier molecular flexibility index (Phi) is 3.42. The summed E-state index contributed by atoms with van der Waals surface area (Å²) in [5.74, 6) is -1.33. The number of anilines is 1. The quantitative estimate of drug-likeness (QED) is 0.846. The van der Waals surface area contributed by atoms with E-state index in [2.05, 4.69) is 5.10 Å². The average Bonchev–Trinajstić information content (AvgIpc) is 2.94. The van der Waals surface area contributed by atoms with Crippen LogP contribution in [0.1, 0.15) is 38.1 Å². The first-order valence-corrected chi connectivity index (χ1v) is 6.95. The van der Waals surface area contributed by atoms with Crippen molar-refractivity contribution in [1.82, 2.24) is 9.78 Å². The summed E-state index contributed by atoms with van der Waals surface area (Å²) in [5, 5.41) is 4.27. The number of nitrogens with zero attached hydrogens (tertiary/aromatic N) is 2. The predicted octanol–water partition coefficient (Wildman–Crippen LogP) is 3.92. The number of hydrogen-bond acceptors (Lipinski definition) is 2. The number of aromatic nitrogens is 2. The lowest BCUT2D eigenvalue weighted by atomic mass is 9.96. The third kappa shape index (κ3) is 2.28. The van der Waals surface area contributed by atoms with Crippen molar-refractivity contribution in [2.75, 3.05) is 5.73 Å². The molecule has 1 fully saturated rings. The molecular formula is C15H17F2N3. The summed E-state index contributed by atoms with van der Waals surface area (Å²) in [7, 11) is 0. The van der Waals surface area contributed by atoms with Crippen molar-refractivity contribution >= 4 is 5.69 Å². The van der Waals surface area contributed by atoms with Gasteiger partial charge in [-0.1, -0.05) is 19.3 Å². The SMILES string of the molecule is Nc1ccc(F)c(-c2cnn(C3CCCCC3)c2)c1F. The molecule has 0 saturated heterocycles. The van der Waals surface area contributed by atoms with E-state index in [1.807, 2.05) is 4.68 Å². The fraction of sp³-hybridized carbons (Fsp3) is 0.400. The molecule has 0 atom stereocenters. The minimum absolute atomic E-state index is 0.0492. The normalized spacial score (nSPS) is 16.5. The summed E-state index contributed by atoms with van der Waals surface area (Å²) in [6.07, 6.45) is 8.99. The second-order valence-electron chi connectivity index (χ2n) is 5.33. The summed E-state index contributed by atoms with van der Waals surface area (Å²) in [4.78, 5) is 0. The van der Waals surface area contributed by atoms with Crippen LogP contribution >= 0.6 is 0 Å². The first-order chi connectivity index (χ1) is 9.66. The molecular weight excluding hydrogens is 260 g/mol. The first kappa shape index (κ1) is 13.1. The highest BCUT2D eigenvalue weighted by Gasteiger charge is 2.19. The highest BCUT2D eigenvalue weighted by atomic mass is 19.1. The van der Waals surface area contributed by atoms with Crippen LogP contribution in [-0.4, -0.2) is 9.78 Å². The Morgan fingerprint density at radius 3 is 2.65 bits per heavy atom. The predicted molar refractivity (Wildman–Crippen MR) is 74.1 cm³/mol. The second kappa shape index (κ2) is 5.23. The molecule has 1 aromatic heterocycles. The molecule has 3 rings (SSSR count). The maximum Gasteiger partial charge on any atom is 0.156 e. The summed E-state index contributed by atoms with van der Waals surface area (Å²) >= 11 is 0. The van der Waals surface area contributed by atoms with Crippen LogP contribution in [0.4, 0.5) is 14.5 Å². The summed E-state index contributed by atoms with van der Waals surface area (Å²) in [5.41, 5.74) is 5.81. The van der Waals surface area contributed by atoms with Crippen LogP contribution in [0, 0.1) is 11.6 Å². The summed E-state index contributed by atoms with van der Waals surface area (Å²) in [6, 6.07) is 2.76. The smallest absolute Gasteiger partial charge is 0.156 e. The highest BCUT2D eigenvalue weighted by molar-refractivity contribution is 5.68.